The van der Waals surface area contributed by atoms with Crippen LogP contribution in [0.5, 0.6) is 0 Å². The van der Waals surface area contributed by atoms with E-state index in [-0.39, 0.29) is 16.7 Å². The molecular weight excluding hydrogens is 428 g/mol. The molecule has 1 N–H and O–H groups in total. The predicted octanol–water partition coefficient (Wildman–Crippen LogP) is 2.13. The number of hydrogen-bond acceptors (Lipinski definition) is 6. The number of pyridine rings is 1. The number of carbonyl (C=O) groups is 1. The number of sulfonamides is 1. The predicted molar refractivity (Wildman–Crippen MR) is 119 cm³/mol. The minimum absolute atomic E-state index is 0.0749. The Labute approximate surface area is 185 Å². The Morgan fingerprint density at radius 3 is 2.62 bits per heavy atom. The zero-order chi connectivity index (χ0) is 22.1. The van der Waals surface area contributed by atoms with Gasteiger partial charge in [-0.25, -0.2) is 0 Å². The van der Waals surface area contributed by atoms with Crippen LogP contribution in [0.2, 0.25) is 0 Å². The van der Waals surface area contributed by atoms with Crippen molar-refractivity contribution in [3.63, 3.8) is 0 Å². The number of amides is 1. The van der Waals surface area contributed by atoms with Gasteiger partial charge in [-0.2, -0.15) is 13.5 Å². The van der Waals surface area contributed by atoms with Gasteiger partial charge in [0.25, 0.3) is 10.0 Å². The van der Waals surface area contributed by atoms with Crippen molar-refractivity contribution in [1.82, 2.24) is 19.7 Å². The molecule has 0 atom stereocenters. The Morgan fingerprint density at radius 1 is 1.06 bits per heavy atom. The number of nitrogens with zero attached hydrogens (tertiary/aromatic N) is 5. The highest BCUT2D eigenvalue weighted by atomic mass is 32.2. The number of likely N-dealkylation sites (tertiary alicyclic amines) is 1. The molecule has 2 aliphatic heterocycles. The van der Waals surface area contributed by atoms with E-state index in [4.69, 9.17) is 0 Å². The van der Waals surface area contributed by atoms with Crippen LogP contribution in [0.4, 0.5) is 5.82 Å². The second kappa shape index (κ2) is 8.19. The Hall–Kier alpha value is -3.53. The van der Waals surface area contributed by atoms with Crippen molar-refractivity contribution in [2.45, 2.75) is 24.3 Å². The van der Waals surface area contributed by atoms with E-state index in [0.29, 0.717) is 49.7 Å². The lowest BCUT2D eigenvalue weighted by Gasteiger charge is -2.32. The fourth-order valence-electron chi connectivity index (χ4n) is 4.07. The summed E-state index contributed by atoms with van der Waals surface area (Å²) in [6.07, 6.45) is 4.77. The normalized spacial score (nSPS) is 17.6. The number of hydrogen-bond donors (Lipinski definition) is 1. The molecule has 9 nitrogen and oxygen atoms in total. The highest BCUT2D eigenvalue weighted by Crippen LogP contribution is 2.29. The molecule has 0 saturated carbocycles. The van der Waals surface area contributed by atoms with Gasteiger partial charge in [-0.05, 0) is 37.1 Å². The summed E-state index contributed by atoms with van der Waals surface area (Å²) in [7, 11) is -3.64. The monoisotopic (exact) mass is 450 g/mol. The summed E-state index contributed by atoms with van der Waals surface area (Å²) in [5, 5.41) is 7.30. The van der Waals surface area contributed by atoms with Crippen LogP contribution in [0.15, 0.2) is 70.2 Å². The van der Waals surface area contributed by atoms with Crippen LogP contribution in [0.25, 0.3) is 0 Å². The number of amidine groups is 1. The molecule has 0 unspecified atom stereocenters. The maximum absolute atomic E-state index is 12.7. The SMILES string of the molecule is O=C(Nc1ccn(Cc2ccccn2)n1)C1CCN(C2=NS(=O)(=O)c3ccccc32)CC1. The lowest BCUT2D eigenvalue weighted by molar-refractivity contribution is -0.121. The van der Waals surface area contributed by atoms with E-state index >= 15 is 0 Å². The molecular formula is C22H22N6O3S. The molecule has 2 aromatic heterocycles. The molecule has 1 saturated heterocycles. The maximum Gasteiger partial charge on any atom is 0.285 e. The average molecular weight is 451 g/mol. The third-order valence-corrected chi connectivity index (χ3v) is 7.04. The summed E-state index contributed by atoms with van der Waals surface area (Å²) >= 11 is 0. The second-order valence-corrected chi connectivity index (χ2v) is 9.43. The quantitative estimate of drug-likeness (QED) is 0.652. The molecule has 0 aliphatic carbocycles. The minimum atomic E-state index is -3.64. The van der Waals surface area contributed by atoms with Crippen molar-refractivity contribution in [3.05, 3.63) is 72.2 Å². The molecule has 0 bridgehead atoms. The molecule has 32 heavy (non-hydrogen) atoms. The van der Waals surface area contributed by atoms with Gasteiger partial charge in [-0.15, -0.1) is 4.40 Å². The summed E-state index contributed by atoms with van der Waals surface area (Å²) in [4.78, 5) is 19.2. The highest BCUT2D eigenvalue weighted by Gasteiger charge is 2.34. The summed E-state index contributed by atoms with van der Waals surface area (Å²) in [5.74, 6) is 0.747. The fraction of sp³-hybridized carbons (Fsp3) is 0.273. The number of nitrogens with one attached hydrogen (secondary N) is 1. The zero-order valence-electron chi connectivity index (χ0n) is 17.3. The second-order valence-electron chi connectivity index (χ2n) is 7.86. The van der Waals surface area contributed by atoms with E-state index < -0.39 is 10.0 Å². The molecule has 1 amide bonds. The number of anilines is 1. The lowest BCUT2D eigenvalue weighted by atomic mass is 9.95. The lowest BCUT2D eigenvalue weighted by Crippen LogP contribution is -2.41. The van der Waals surface area contributed by atoms with Crippen LogP contribution in [-0.4, -0.2) is 52.9 Å². The van der Waals surface area contributed by atoms with Crippen LogP contribution in [0.1, 0.15) is 24.1 Å². The molecule has 0 spiro atoms. The number of aromatic nitrogens is 3. The highest BCUT2D eigenvalue weighted by molar-refractivity contribution is 7.90. The van der Waals surface area contributed by atoms with Crippen LogP contribution >= 0.6 is 0 Å². The third kappa shape index (κ3) is 4.01. The maximum atomic E-state index is 12.7. The standard InChI is InChI=1S/C22H22N6O3S/c29-22(24-20-10-14-28(25-20)15-17-5-3-4-11-23-17)16-8-12-27(13-9-16)21-18-6-1-2-7-19(18)32(30,31)26-21/h1-7,10-11,14,16H,8-9,12-13,15H2,(H,24,25,29). The van der Waals surface area contributed by atoms with E-state index in [1.54, 1.807) is 35.1 Å². The number of piperidine rings is 1. The van der Waals surface area contributed by atoms with Gasteiger partial charge in [-0.3, -0.25) is 14.5 Å². The van der Waals surface area contributed by atoms with Crippen LogP contribution < -0.4 is 5.32 Å². The van der Waals surface area contributed by atoms with Gasteiger partial charge in [0.2, 0.25) is 5.91 Å². The van der Waals surface area contributed by atoms with Gasteiger partial charge < -0.3 is 10.2 Å². The van der Waals surface area contributed by atoms with E-state index in [2.05, 4.69) is 19.8 Å². The van der Waals surface area contributed by atoms with E-state index in [9.17, 15) is 13.2 Å². The van der Waals surface area contributed by atoms with Gasteiger partial charge in [0, 0.05) is 43.0 Å². The molecule has 4 heterocycles. The Bertz CT molecular complexity index is 1280. The van der Waals surface area contributed by atoms with E-state index in [0.717, 1.165) is 5.69 Å². The van der Waals surface area contributed by atoms with Crippen LogP contribution in [0, 0.1) is 5.92 Å². The van der Waals surface area contributed by atoms with Crippen molar-refractivity contribution >= 4 is 27.6 Å². The zero-order valence-corrected chi connectivity index (χ0v) is 18.1. The number of benzene rings is 1. The van der Waals surface area contributed by atoms with Gasteiger partial charge in [0.05, 0.1) is 12.2 Å². The molecule has 5 rings (SSSR count). The number of carbonyl (C=O) groups excluding carboxylic acids is 1. The summed E-state index contributed by atoms with van der Waals surface area (Å²) in [6, 6.07) is 14.3. The molecule has 1 aromatic carbocycles. The topological polar surface area (TPSA) is 110 Å². The third-order valence-electron chi connectivity index (χ3n) is 5.72. The van der Waals surface area contributed by atoms with Crippen molar-refractivity contribution in [3.8, 4) is 0 Å². The smallest absolute Gasteiger partial charge is 0.285 e. The van der Waals surface area contributed by atoms with E-state index in [1.807, 2.05) is 35.4 Å². The molecule has 3 aromatic rings. The molecule has 0 radical (unpaired) electrons. The average Bonchev–Trinajstić information content (AvgIpc) is 3.36. The van der Waals surface area contributed by atoms with Gasteiger partial charge in [0.1, 0.15) is 4.90 Å². The summed E-state index contributed by atoms with van der Waals surface area (Å²) in [5.41, 5.74) is 1.52. The molecule has 164 valence electrons. The Morgan fingerprint density at radius 2 is 1.84 bits per heavy atom. The van der Waals surface area contributed by atoms with Gasteiger partial charge in [-0.1, -0.05) is 18.2 Å². The number of fused-ring (bicyclic) bond motifs is 1. The van der Waals surface area contributed by atoms with Gasteiger partial charge >= 0.3 is 0 Å². The van der Waals surface area contributed by atoms with Gasteiger partial charge in [0.15, 0.2) is 11.7 Å². The first-order valence-electron chi connectivity index (χ1n) is 10.4. The van der Waals surface area contributed by atoms with Crippen molar-refractivity contribution in [1.29, 1.82) is 0 Å². The first-order valence-corrected chi connectivity index (χ1v) is 11.9. The van der Waals surface area contributed by atoms with Crippen LogP contribution in [-0.2, 0) is 21.4 Å². The van der Waals surface area contributed by atoms with Crippen molar-refractivity contribution in [2.24, 2.45) is 10.3 Å². The van der Waals surface area contributed by atoms with Crippen molar-refractivity contribution < 1.29 is 13.2 Å². The van der Waals surface area contributed by atoms with Crippen molar-refractivity contribution in [2.75, 3.05) is 18.4 Å². The Balaban J connectivity index is 1.19. The number of rotatable bonds is 4. The largest absolute Gasteiger partial charge is 0.355 e. The van der Waals surface area contributed by atoms with E-state index in [1.165, 1.54) is 0 Å². The molecule has 1 fully saturated rings. The molecule has 2 aliphatic rings. The summed E-state index contributed by atoms with van der Waals surface area (Å²) < 4.78 is 30.3. The summed E-state index contributed by atoms with van der Waals surface area (Å²) in [6.45, 7) is 1.66. The van der Waals surface area contributed by atoms with Crippen LogP contribution in [0.3, 0.4) is 0 Å². The minimum Gasteiger partial charge on any atom is -0.355 e. The first-order chi connectivity index (χ1) is 15.5. The molecule has 10 heteroatoms. The fourth-order valence-corrected chi connectivity index (χ4v) is 5.30. The first kappa shape index (κ1) is 20.4. The Kier molecular flexibility index (Phi) is 5.22.